The van der Waals surface area contributed by atoms with Crippen LogP contribution in [0.2, 0.25) is 0 Å². The van der Waals surface area contributed by atoms with Gasteiger partial charge < -0.3 is 15.5 Å². The van der Waals surface area contributed by atoms with Crippen molar-refractivity contribution in [1.82, 2.24) is 5.32 Å². The van der Waals surface area contributed by atoms with Crippen LogP contribution < -0.4 is 5.32 Å². The zero-order valence-electron chi connectivity index (χ0n) is 45.8. The van der Waals surface area contributed by atoms with Crippen molar-refractivity contribution in [3.05, 3.63) is 97.2 Å². The summed E-state index contributed by atoms with van der Waals surface area (Å²) in [4.78, 5) is 12.5. The zero-order chi connectivity index (χ0) is 49.9. The Labute approximate surface area is 430 Å². The fourth-order valence-corrected chi connectivity index (χ4v) is 8.77. The van der Waals surface area contributed by atoms with E-state index in [-0.39, 0.29) is 12.5 Å². The molecule has 0 rings (SSSR count). The molecule has 2 unspecified atom stereocenters. The summed E-state index contributed by atoms with van der Waals surface area (Å²) in [6, 6.07) is -0.649. The summed E-state index contributed by atoms with van der Waals surface area (Å²) >= 11 is 0. The van der Waals surface area contributed by atoms with Crippen molar-refractivity contribution in [2.45, 2.75) is 302 Å². The van der Waals surface area contributed by atoms with Gasteiger partial charge in [0.25, 0.3) is 0 Å². The number of aliphatic hydroxyl groups excluding tert-OH is 2. The van der Waals surface area contributed by atoms with E-state index >= 15 is 0 Å². The van der Waals surface area contributed by atoms with Crippen molar-refractivity contribution in [1.29, 1.82) is 0 Å². The average molecular weight is 959 g/mol. The molecule has 0 radical (unpaired) electrons. The van der Waals surface area contributed by atoms with Crippen LogP contribution in [0.5, 0.6) is 0 Å². The van der Waals surface area contributed by atoms with Gasteiger partial charge in [-0.2, -0.15) is 0 Å². The molecule has 0 saturated carbocycles. The molecule has 0 fully saturated rings. The summed E-state index contributed by atoms with van der Waals surface area (Å²) < 4.78 is 0. The van der Waals surface area contributed by atoms with Crippen molar-refractivity contribution in [2.24, 2.45) is 0 Å². The summed E-state index contributed by atoms with van der Waals surface area (Å²) in [7, 11) is 0. The normalized spacial score (nSPS) is 13.5. The van der Waals surface area contributed by atoms with Gasteiger partial charge in [-0.15, -0.1) is 0 Å². The van der Waals surface area contributed by atoms with Crippen LogP contribution in [0.1, 0.15) is 290 Å². The lowest BCUT2D eigenvalue weighted by Gasteiger charge is -2.19. The quantitative estimate of drug-likeness (QED) is 0.0420. The molecule has 0 aliphatic heterocycles. The number of nitrogens with one attached hydrogen (secondary N) is 1. The molecule has 0 bridgehead atoms. The number of amides is 1. The second-order valence-electron chi connectivity index (χ2n) is 20.0. The van der Waals surface area contributed by atoms with Crippen LogP contribution in [0.15, 0.2) is 97.2 Å². The fourth-order valence-electron chi connectivity index (χ4n) is 8.77. The van der Waals surface area contributed by atoms with E-state index in [0.717, 1.165) is 70.6 Å². The topological polar surface area (TPSA) is 69.6 Å². The fraction of sp³-hybridized carbons (Fsp3) is 0.738. The number of hydrogen-bond donors (Lipinski definition) is 3. The highest BCUT2D eigenvalue weighted by Gasteiger charge is 2.18. The van der Waals surface area contributed by atoms with Gasteiger partial charge in [0.2, 0.25) is 5.91 Å². The second kappa shape index (κ2) is 59.6. The van der Waals surface area contributed by atoms with E-state index in [2.05, 4.69) is 104 Å². The molecule has 0 saturated heterocycles. The number of rotatable bonds is 54. The molecule has 0 aromatic rings. The van der Waals surface area contributed by atoms with Crippen LogP contribution in [0.25, 0.3) is 0 Å². The van der Waals surface area contributed by atoms with Crippen molar-refractivity contribution >= 4 is 5.91 Å². The molecule has 0 aliphatic rings. The van der Waals surface area contributed by atoms with Crippen molar-refractivity contribution in [3.8, 4) is 0 Å². The monoisotopic (exact) mass is 958 g/mol. The number of carbonyl (C=O) groups is 1. The van der Waals surface area contributed by atoms with Crippen LogP contribution >= 0.6 is 0 Å². The Morgan fingerprint density at radius 3 is 1.01 bits per heavy atom. The van der Waals surface area contributed by atoms with Crippen molar-refractivity contribution < 1.29 is 15.0 Å². The van der Waals surface area contributed by atoms with Crippen molar-refractivity contribution in [2.75, 3.05) is 6.61 Å². The van der Waals surface area contributed by atoms with Crippen LogP contribution in [-0.4, -0.2) is 34.9 Å². The lowest BCUT2D eigenvalue weighted by Crippen LogP contribution is -2.45. The SMILES string of the molecule is CC/C=C\C/C=C\C/C=C\C/C=C\C/C=C\CCCCCCCCCCCCCCCCCCCCCCCC(=O)NC(CO)C(O)/C=C/CC/C=C/CC/C=C/CCCCCCCCCCCC. The van der Waals surface area contributed by atoms with Crippen LogP contribution in [0.3, 0.4) is 0 Å². The van der Waals surface area contributed by atoms with Gasteiger partial charge in [0.15, 0.2) is 0 Å². The third-order valence-electron chi connectivity index (χ3n) is 13.3. The molecule has 398 valence electrons. The molecule has 4 nitrogen and oxygen atoms in total. The van der Waals surface area contributed by atoms with Gasteiger partial charge in [-0.1, -0.05) is 291 Å². The summed E-state index contributed by atoms with van der Waals surface area (Å²) in [6.07, 6.45) is 88.7. The zero-order valence-corrected chi connectivity index (χ0v) is 45.8. The van der Waals surface area contributed by atoms with E-state index in [9.17, 15) is 15.0 Å². The van der Waals surface area contributed by atoms with E-state index in [4.69, 9.17) is 0 Å². The number of aliphatic hydroxyl groups is 2. The van der Waals surface area contributed by atoms with Gasteiger partial charge in [-0.05, 0) is 89.9 Å². The van der Waals surface area contributed by atoms with Gasteiger partial charge in [0, 0.05) is 6.42 Å². The first-order chi connectivity index (χ1) is 34.2. The van der Waals surface area contributed by atoms with E-state index in [1.807, 2.05) is 6.08 Å². The lowest BCUT2D eigenvalue weighted by molar-refractivity contribution is -0.123. The van der Waals surface area contributed by atoms with E-state index in [1.54, 1.807) is 6.08 Å². The highest BCUT2D eigenvalue weighted by atomic mass is 16.3. The Kier molecular flexibility index (Phi) is 57.3. The predicted molar refractivity (Wildman–Crippen MR) is 308 cm³/mol. The van der Waals surface area contributed by atoms with E-state index < -0.39 is 12.1 Å². The molecule has 3 N–H and O–H groups in total. The molecule has 0 spiro atoms. The molecule has 0 aromatic carbocycles. The highest BCUT2D eigenvalue weighted by Crippen LogP contribution is 2.17. The molecular weight excluding hydrogens is 843 g/mol. The lowest BCUT2D eigenvalue weighted by atomic mass is 10.0. The minimum atomic E-state index is -0.874. The first-order valence-electron chi connectivity index (χ1n) is 30.0. The summed E-state index contributed by atoms with van der Waals surface area (Å²) in [6.45, 7) is 4.19. The van der Waals surface area contributed by atoms with Crippen LogP contribution in [-0.2, 0) is 4.79 Å². The van der Waals surface area contributed by atoms with Crippen LogP contribution in [0.4, 0.5) is 0 Å². The Morgan fingerprint density at radius 2 is 0.652 bits per heavy atom. The first kappa shape index (κ1) is 66.3. The number of hydrogen-bond acceptors (Lipinski definition) is 3. The molecular formula is C65H115NO3. The maximum absolute atomic E-state index is 12.5. The second-order valence-corrected chi connectivity index (χ2v) is 20.0. The average Bonchev–Trinajstić information content (AvgIpc) is 3.35. The van der Waals surface area contributed by atoms with Gasteiger partial charge in [-0.25, -0.2) is 0 Å². The Hall–Kier alpha value is -2.69. The number of unbranched alkanes of at least 4 members (excludes halogenated alkanes) is 33. The van der Waals surface area contributed by atoms with E-state index in [1.165, 1.54) is 199 Å². The van der Waals surface area contributed by atoms with E-state index in [0.29, 0.717) is 6.42 Å². The molecule has 0 heterocycles. The molecule has 2 atom stereocenters. The summed E-state index contributed by atoms with van der Waals surface area (Å²) in [5, 5.41) is 23.1. The largest absolute Gasteiger partial charge is 0.394 e. The molecule has 0 aliphatic carbocycles. The smallest absolute Gasteiger partial charge is 0.220 e. The standard InChI is InChI=1S/C65H115NO3/c1-3-5-7-9-11-13-15-17-19-21-23-25-26-27-28-29-30-31-32-33-34-35-36-37-38-39-40-41-43-45-47-49-51-53-55-57-59-61-65(69)66-63(62-67)64(68)60-58-56-54-52-50-48-46-44-42-24-22-20-18-16-14-12-10-8-6-4-2/h5,7,11,13,17,19,23,25,27-28,42,44,50,52,58,60,63-64,67-68H,3-4,6,8-10,12,14-16,18,20-22,24,26,29-41,43,45-49,51,53-57,59,61-62H2,1-2H3,(H,66,69)/b7-5-,13-11-,19-17-,25-23-,28-27-,44-42+,52-50+,60-58+. The Bertz CT molecular complexity index is 1270. The van der Waals surface area contributed by atoms with Crippen molar-refractivity contribution in [3.63, 3.8) is 0 Å². The maximum atomic E-state index is 12.5. The third-order valence-corrected chi connectivity index (χ3v) is 13.3. The number of carbonyl (C=O) groups excluding carboxylic acids is 1. The first-order valence-corrected chi connectivity index (χ1v) is 30.0. The summed E-state index contributed by atoms with van der Waals surface area (Å²) in [5.41, 5.74) is 0. The minimum Gasteiger partial charge on any atom is -0.394 e. The number of allylic oxidation sites excluding steroid dienone is 15. The van der Waals surface area contributed by atoms with Gasteiger partial charge in [0.05, 0.1) is 18.8 Å². The minimum absolute atomic E-state index is 0.0764. The Balaban J connectivity index is 3.50. The summed E-state index contributed by atoms with van der Waals surface area (Å²) in [5.74, 6) is -0.0764. The van der Waals surface area contributed by atoms with Gasteiger partial charge in [-0.3, -0.25) is 4.79 Å². The highest BCUT2D eigenvalue weighted by molar-refractivity contribution is 5.76. The molecule has 4 heteroatoms. The molecule has 1 amide bonds. The Morgan fingerprint density at radius 1 is 0.362 bits per heavy atom. The van der Waals surface area contributed by atoms with Gasteiger partial charge in [0.1, 0.15) is 0 Å². The molecule has 0 aromatic heterocycles. The maximum Gasteiger partial charge on any atom is 0.220 e. The third kappa shape index (κ3) is 56.1. The van der Waals surface area contributed by atoms with Crippen LogP contribution in [0, 0.1) is 0 Å². The molecule has 69 heavy (non-hydrogen) atoms. The van der Waals surface area contributed by atoms with Gasteiger partial charge >= 0.3 is 0 Å². The predicted octanol–water partition coefficient (Wildman–Crippen LogP) is 20.1.